The third-order valence-electron chi connectivity index (χ3n) is 3.64. The van der Waals surface area contributed by atoms with Crippen LogP contribution in [-0.4, -0.2) is 10.7 Å². The molecule has 0 bridgehead atoms. The number of aromatic nitrogens is 1. The van der Waals surface area contributed by atoms with E-state index in [4.69, 9.17) is 11.6 Å². The van der Waals surface area contributed by atoms with Crippen molar-refractivity contribution in [2.45, 2.75) is 13.3 Å². The smallest absolute Gasteiger partial charge is 0.196 e. The monoisotopic (exact) mass is 366 g/mol. The minimum atomic E-state index is 0.260. The number of aryl methyl sites for hydroxylation is 1. The van der Waals surface area contributed by atoms with Gasteiger partial charge in [-0.05, 0) is 30.2 Å². The molecule has 0 spiro atoms. The fourth-order valence-electron chi connectivity index (χ4n) is 2.31. The summed E-state index contributed by atoms with van der Waals surface area (Å²) in [4.78, 5) is 4.52. The Morgan fingerprint density at radius 2 is 2.00 bits per heavy atom. The number of nitrogens with zero attached hydrogens (tertiary/aromatic N) is 3. The summed E-state index contributed by atoms with van der Waals surface area (Å²) in [5.41, 5.74) is 7.04. The van der Waals surface area contributed by atoms with Crippen LogP contribution in [0.15, 0.2) is 59.0 Å². The Balaban J connectivity index is 1.84. The zero-order chi connectivity index (χ0) is 17.6. The van der Waals surface area contributed by atoms with Gasteiger partial charge in [0.1, 0.15) is 6.07 Å². The molecule has 0 aliphatic carbocycles. The average molecular weight is 367 g/mol. The molecule has 1 heterocycles. The van der Waals surface area contributed by atoms with Gasteiger partial charge in [0, 0.05) is 16.0 Å². The van der Waals surface area contributed by atoms with Crippen LogP contribution in [0.1, 0.15) is 17.5 Å². The van der Waals surface area contributed by atoms with Crippen molar-refractivity contribution in [3.05, 3.63) is 69.5 Å². The maximum atomic E-state index is 9.43. The normalized spacial score (nSPS) is 11.2. The van der Waals surface area contributed by atoms with Gasteiger partial charge in [-0.1, -0.05) is 48.9 Å². The second-order valence-corrected chi connectivity index (χ2v) is 6.53. The number of anilines is 1. The number of hydrazone groups is 1. The van der Waals surface area contributed by atoms with E-state index in [1.165, 1.54) is 11.3 Å². The molecule has 6 heteroatoms. The molecule has 0 saturated heterocycles. The Hall–Kier alpha value is -2.68. The molecule has 1 aromatic heterocycles. The van der Waals surface area contributed by atoms with Crippen molar-refractivity contribution in [3.8, 4) is 17.3 Å². The first-order valence-electron chi connectivity index (χ1n) is 7.74. The van der Waals surface area contributed by atoms with Crippen LogP contribution in [0.25, 0.3) is 11.3 Å². The number of benzene rings is 2. The van der Waals surface area contributed by atoms with Gasteiger partial charge in [-0.15, -0.1) is 11.3 Å². The van der Waals surface area contributed by atoms with Gasteiger partial charge in [-0.2, -0.15) is 10.4 Å². The molecular formula is C19H15ClN4S. The molecule has 0 unspecified atom stereocenters. The summed E-state index contributed by atoms with van der Waals surface area (Å²) in [5, 5.41) is 16.8. The lowest BCUT2D eigenvalue weighted by molar-refractivity contribution is 1.13. The van der Waals surface area contributed by atoms with E-state index >= 15 is 0 Å². The first-order valence-corrected chi connectivity index (χ1v) is 9.00. The lowest BCUT2D eigenvalue weighted by Crippen LogP contribution is -2.02. The number of hydrogen-bond acceptors (Lipinski definition) is 5. The van der Waals surface area contributed by atoms with Crippen molar-refractivity contribution in [2.75, 3.05) is 5.43 Å². The van der Waals surface area contributed by atoms with Gasteiger partial charge in [0.25, 0.3) is 0 Å². The zero-order valence-electron chi connectivity index (χ0n) is 13.5. The van der Waals surface area contributed by atoms with Crippen molar-refractivity contribution in [2.24, 2.45) is 5.10 Å². The van der Waals surface area contributed by atoms with E-state index < -0.39 is 0 Å². The van der Waals surface area contributed by atoms with E-state index in [0.29, 0.717) is 10.0 Å². The van der Waals surface area contributed by atoms with E-state index in [1.807, 2.05) is 53.9 Å². The van der Waals surface area contributed by atoms with Gasteiger partial charge in [-0.3, -0.25) is 5.43 Å². The number of thiazole rings is 1. The maximum absolute atomic E-state index is 9.43. The van der Waals surface area contributed by atoms with Gasteiger partial charge in [0.2, 0.25) is 0 Å². The first kappa shape index (κ1) is 17.2. The van der Waals surface area contributed by atoms with Crippen LogP contribution in [0.4, 0.5) is 5.69 Å². The Labute approximate surface area is 155 Å². The highest BCUT2D eigenvalue weighted by atomic mass is 35.5. The summed E-state index contributed by atoms with van der Waals surface area (Å²) < 4.78 is 0. The summed E-state index contributed by atoms with van der Waals surface area (Å²) in [6.07, 6.45) is 0.887. The maximum Gasteiger partial charge on any atom is 0.196 e. The van der Waals surface area contributed by atoms with Crippen molar-refractivity contribution >= 4 is 34.3 Å². The van der Waals surface area contributed by atoms with Crippen molar-refractivity contribution in [1.29, 1.82) is 5.26 Å². The van der Waals surface area contributed by atoms with Gasteiger partial charge < -0.3 is 0 Å². The predicted octanol–water partition coefficient (Wildman–Crippen LogP) is 5.37. The molecule has 3 aromatic rings. The summed E-state index contributed by atoms with van der Waals surface area (Å²) in [6, 6.07) is 17.5. The lowest BCUT2D eigenvalue weighted by atomic mass is 10.1. The van der Waals surface area contributed by atoms with Crippen LogP contribution >= 0.6 is 22.9 Å². The number of nitriles is 1. The number of rotatable bonds is 5. The molecule has 0 saturated carbocycles. The predicted molar refractivity (Wildman–Crippen MR) is 104 cm³/mol. The van der Waals surface area contributed by atoms with Crippen LogP contribution in [0.2, 0.25) is 5.02 Å². The second kappa shape index (κ2) is 7.93. The fraction of sp³-hybridized carbons (Fsp3) is 0.105. The van der Waals surface area contributed by atoms with Gasteiger partial charge in [0.15, 0.2) is 10.7 Å². The Morgan fingerprint density at radius 3 is 2.72 bits per heavy atom. The molecule has 0 aliphatic rings. The van der Waals surface area contributed by atoms with Gasteiger partial charge in [0.05, 0.1) is 11.4 Å². The molecule has 3 rings (SSSR count). The third-order valence-corrected chi connectivity index (χ3v) is 4.74. The summed E-state index contributed by atoms with van der Waals surface area (Å²) in [7, 11) is 0. The molecule has 1 N–H and O–H groups in total. The molecule has 0 fully saturated rings. The highest BCUT2D eigenvalue weighted by molar-refractivity contribution is 7.12. The standard InChI is InChI=1S/C19H15ClN4S/c1-2-13-5-3-4-6-16(13)23-24-17(11-21)19-22-18(12-25-19)14-7-9-15(20)10-8-14/h3-10,12,23H,2H2,1H3. The summed E-state index contributed by atoms with van der Waals surface area (Å²) in [6.45, 7) is 2.08. The lowest BCUT2D eigenvalue weighted by Gasteiger charge is -2.06. The van der Waals surface area contributed by atoms with Gasteiger partial charge >= 0.3 is 0 Å². The highest BCUT2D eigenvalue weighted by Crippen LogP contribution is 2.24. The molecular weight excluding hydrogens is 352 g/mol. The van der Waals surface area contributed by atoms with E-state index in [9.17, 15) is 5.26 Å². The van der Waals surface area contributed by atoms with E-state index in [0.717, 1.165) is 28.9 Å². The topological polar surface area (TPSA) is 61.1 Å². The minimum Gasteiger partial charge on any atom is -0.277 e. The molecule has 0 amide bonds. The average Bonchev–Trinajstić information content (AvgIpc) is 3.13. The number of halogens is 1. The number of para-hydroxylation sites is 1. The van der Waals surface area contributed by atoms with Crippen LogP contribution in [0, 0.1) is 11.3 Å². The van der Waals surface area contributed by atoms with Crippen molar-refractivity contribution in [1.82, 2.24) is 4.98 Å². The first-order chi connectivity index (χ1) is 12.2. The molecule has 4 nitrogen and oxygen atoms in total. The quantitative estimate of drug-likeness (QED) is 0.488. The van der Waals surface area contributed by atoms with Crippen LogP contribution in [0.5, 0.6) is 0 Å². The zero-order valence-corrected chi connectivity index (χ0v) is 15.1. The van der Waals surface area contributed by atoms with E-state index in [1.54, 1.807) is 0 Å². The summed E-state index contributed by atoms with van der Waals surface area (Å²) in [5.74, 6) is 0. The summed E-state index contributed by atoms with van der Waals surface area (Å²) >= 11 is 7.30. The molecule has 0 radical (unpaired) electrons. The van der Waals surface area contributed by atoms with Crippen molar-refractivity contribution < 1.29 is 0 Å². The molecule has 2 aromatic carbocycles. The van der Waals surface area contributed by atoms with Crippen LogP contribution in [-0.2, 0) is 6.42 Å². The minimum absolute atomic E-state index is 0.260. The van der Waals surface area contributed by atoms with Gasteiger partial charge in [-0.25, -0.2) is 4.98 Å². The van der Waals surface area contributed by atoms with E-state index in [-0.39, 0.29) is 5.71 Å². The van der Waals surface area contributed by atoms with Crippen LogP contribution < -0.4 is 5.43 Å². The molecule has 25 heavy (non-hydrogen) atoms. The fourth-order valence-corrected chi connectivity index (χ4v) is 3.20. The highest BCUT2D eigenvalue weighted by Gasteiger charge is 2.11. The Morgan fingerprint density at radius 1 is 1.24 bits per heavy atom. The second-order valence-electron chi connectivity index (χ2n) is 5.24. The molecule has 0 atom stereocenters. The Kier molecular flexibility index (Phi) is 5.44. The number of hydrogen-bond donors (Lipinski definition) is 1. The van der Waals surface area contributed by atoms with E-state index in [2.05, 4.69) is 28.5 Å². The largest absolute Gasteiger partial charge is 0.277 e. The SMILES string of the molecule is CCc1ccccc1NN=C(C#N)c1nc(-c2ccc(Cl)cc2)cs1. The number of nitrogens with one attached hydrogen (secondary N) is 1. The Bertz CT molecular complexity index is 939. The molecule has 0 aliphatic heterocycles. The third kappa shape index (κ3) is 4.05. The van der Waals surface area contributed by atoms with Crippen molar-refractivity contribution in [3.63, 3.8) is 0 Å². The molecule has 124 valence electrons. The van der Waals surface area contributed by atoms with Crippen LogP contribution in [0.3, 0.4) is 0 Å².